The van der Waals surface area contributed by atoms with Crippen LogP contribution < -0.4 is 10.6 Å². The van der Waals surface area contributed by atoms with Gasteiger partial charge in [-0.1, -0.05) is 6.92 Å². The number of carbonyl (C=O) groups excluding carboxylic acids is 2. The molecule has 1 unspecified atom stereocenters. The van der Waals surface area contributed by atoms with Crippen molar-refractivity contribution in [2.75, 3.05) is 11.1 Å². The maximum Gasteiger partial charge on any atom is 0.249 e. The molecular weight excluding hydrogens is 292 g/mol. The van der Waals surface area contributed by atoms with Gasteiger partial charge in [0, 0.05) is 12.1 Å². The summed E-state index contributed by atoms with van der Waals surface area (Å²) in [5, 5.41) is 5.27. The minimum absolute atomic E-state index is 0.118. The van der Waals surface area contributed by atoms with E-state index in [9.17, 15) is 18.0 Å². The molecule has 0 aromatic heterocycles. The van der Waals surface area contributed by atoms with Crippen LogP contribution >= 0.6 is 0 Å². The maximum absolute atomic E-state index is 11.9. The lowest BCUT2D eigenvalue weighted by atomic mass is 10.1. The van der Waals surface area contributed by atoms with E-state index in [1.807, 2.05) is 6.92 Å². The normalized spacial score (nSPS) is 19.2. The molecule has 1 aromatic carbocycles. The molecule has 6 nitrogen and oxygen atoms in total. The smallest absolute Gasteiger partial charge is 0.249 e. The summed E-state index contributed by atoms with van der Waals surface area (Å²) in [7, 11) is -3.23. The summed E-state index contributed by atoms with van der Waals surface area (Å²) in [6.07, 6.45) is 1.30. The minimum atomic E-state index is -3.23. The Morgan fingerprint density at radius 3 is 2.48 bits per heavy atom. The summed E-state index contributed by atoms with van der Waals surface area (Å²) in [5.74, 6) is -0.500. The molecular formula is C14H18N2O4S. The van der Waals surface area contributed by atoms with Gasteiger partial charge in [0.1, 0.15) is 6.04 Å². The van der Waals surface area contributed by atoms with Crippen LogP contribution in [0.2, 0.25) is 0 Å². The molecule has 1 heterocycles. The van der Waals surface area contributed by atoms with Crippen molar-refractivity contribution in [3.63, 3.8) is 0 Å². The van der Waals surface area contributed by atoms with E-state index in [1.165, 1.54) is 12.1 Å². The summed E-state index contributed by atoms with van der Waals surface area (Å²) in [6.45, 7) is 1.82. The van der Waals surface area contributed by atoms with Crippen molar-refractivity contribution in [3.05, 3.63) is 24.3 Å². The Bertz CT molecular complexity index is 637. The molecule has 0 aliphatic carbocycles. The largest absolute Gasteiger partial charge is 0.374 e. The molecule has 2 amide bonds. The Hall–Kier alpha value is -1.89. The molecule has 1 fully saturated rings. The van der Waals surface area contributed by atoms with Crippen LogP contribution in [0, 0.1) is 0 Å². The highest BCUT2D eigenvalue weighted by atomic mass is 32.2. The van der Waals surface area contributed by atoms with Crippen molar-refractivity contribution >= 4 is 27.3 Å². The van der Waals surface area contributed by atoms with E-state index >= 15 is 0 Å². The fraction of sp³-hybridized carbons (Fsp3) is 0.429. The molecule has 2 rings (SSSR count). The van der Waals surface area contributed by atoms with Crippen LogP contribution in [0.5, 0.6) is 0 Å². The van der Waals surface area contributed by atoms with Crippen LogP contribution in [0.4, 0.5) is 5.69 Å². The third kappa shape index (κ3) is 3.81. The first-order chi connectivity index (χ1) is 9.92. The maximum atomic E-state index is 11.9. The predicted molar refractivity (Wildman–Crippen MR) is 78.6 cm³/mol. The summed E-state index contributed by atoms with van der Waals surface area (Å²) in [5.41, 5.74) is 0.653. The molecule has 1 atom stereocenters. The Labute approximate surface area is 123 Å². The lowest BCUT2D eigenvalue weighted by Crippen LogP contribution is -2.47. The van der Waals surface area contributed by atoms with Crippen molar-refractivity contribution < 1.29 is 18.0 Å². The van der Waals surface area contributed by atoms with E-state index in [0.717, 1.165) is 0 Å². The minimum Gasteiger partial charge on any atom is -0.374 e. The monoisotopic (exact) mass is 310 g/mol. The molecule has 0 radical (unpaired) electrons. The SMILES string of the molecule is CCCS(=O)(=O)c1ccc(NC2CCC(=O)NC2=O)cc1. The van der Waals surface area contributed by atoms with Gasteiger partial charge in [-0.2, -0.15) is 0 Å². The highest BCUT2D eigenvalue weighted by Gasteiger charge is 2.26. The van der Waals surface area contributed by atoms with Crippen molar-refractivity contribution in [1.82, 2.24) is 5.32 Å². The van der Waals surface area contributed by atoms with Gasteiger partial charge in [0.2, 0.25) is 11.8 Å². The quantitative estimate of drug-likeness (QED) is 0.794. The molecule has 0 spiro atoms. The van der Waals surface area contributed by atoms with Gasteiger partial charge in [-0.25, -0.2) is 8.42 Å². The topological polar surface area (TPSA) is 92.3 Å². The Balaban J connectivity index is 2.06. The fourth-order valence-electron chi connectivity index (χ4n) is 2.18. The number of piperidine rings is 1. The standard InChI is InChI=1S/C14H18N2O4S/c1-2-9-21(19,20)11-5-3-10(4-6-11)15-12-7-8-13(17)16-14(12)18/h3-6,12,15H,2,7-9H2,1H3,(H,16,17,18). The van der Waals surface area contributed by atoms with E-state index in [4.69, 9.17) is 0 Å². The number of nitrogens with one attached hydrogen (secondary N) is 2. The number of hydrogen-bond donors (Lipinski definition) is 2. The van der Waals surface area contributed by atoms with E-state index in [2.05, 4.69) is 10.6 Å². The molecule has 1 aromatic rings. The number of imide groups is 1. The summed E-state index contributed by atoms with van der Waals surface area (Å²) >= 11 is 0. The Kier molecular flexibility index (Phi) is 4.62. The van der Waals surface area contributed by atoms with Crippen molar-refractivity contribution in [1.29, 1.82) is 0 Å². The lowest BCUT2D eigenvalue weighted by Gasteiger charge is -2.22. The van der Waals surface area contributed by atoms with Gasteiger partial charge < -0.3 is 5.32 Å². The summed E-state index contributed by atoms with van der Waals surface area (Å²) in [4.78, 5) is 23.0. The zero-order valence-electron chi connectivity index (χ0n) is 11.8. The third-order valence-electron chi connectivity index (χ3n) is 3.27. The molecule has 1 aliphatic rings. The molecule has 0 saturated carbocycles. The van der Waals surface area contributed by atoms with Crippen LogP contribution in [-0.4, -0.2) is 32.0 Å². The van der Waals surface area contributed by atoms with Gasteiger partial charge in [-0.05, 0) is 37.1 Å². The molecule has 1 saturated heterocycles. The summed E-state index contributed by atoms with van der Waals surface area (Å²) in [6, 6.07) is 5.84. The number of anilines is 1. The van der Waals surface area contributed by atoms with Gasteiger partial charge in [0.25, 0.3) is 0 Å². The average molecular weight is 310 g/mol. The van der Waals surface area contributed by atoms with Crippen LogP contribution in [-0.2, 0) is 19.4 Å². The molecule has 7 heteroatoms. The zero-order valence-corrected chi connectivity index (χ0v) is 12.6. The molecule has 0 bridgehead atoms. The first-order valence-corrected chi connectivity index (χ1v) is 8.50. The third-order valence-corrected chi connectivity index (χ3v) is 5.20. The lowest BCUT2D eigenvalue weighted by molar-refractivity contribution is -0.133. The second-order valence-electron chi connectivity index (χ2n) is 4.99. The first-order valence-electron chi connectivity index (χ1n) is 6.85. The van der Waals surface area contributed by atoms with Gasteiger partial charge in [-0.3, -0.25) is 14.9 Å². The van der Waals surface area contributed by atoms with Crippen LogP contribution in [0.15, 0.2) is 29.2 Å². The molecule has 114 valence electrons. The van der Waals surface area contributed by atoms with Crippen LogP contribution in [0.25, 0.3) is 0 Å². The second kappa shape index (κ2) is 6.26. The molecule has 1 aliphatic heterocycles. The zero-order chi connectivity index (χ0) is 15.5. The van der Waals surface area contributed by atoms with Gasteiger partial charge in [-0.15, -0.1) is 0 Å². The van der Waals surface area contributed by atoms with Gasteiger partial charge in [0.05, 0.1) is 10.6 Å². The van der Waals surface area contributed by atoms with Gasteiger partial charge in [0.15, 0.2) is 9.84 Å². The second-order valence-corrected chi connectivity index (χ2v) is 7.10. The van der Waals surface area contributed by atoms with Crippen molar-refractivity contribution in [3.8, 4) is 0 Å². The van der Waals surface area contributed by atoms with Crippen molar-refractivity contribution in [2.24, 2.45) is 0 Å². The number of hydrogen-bond acceptors (Lipinski definition) is 5. The molecule has 2 N–H and O–H groups in total. The van der Waals surface area contributed by atoms with E-state index < -0.39 is 15.9 Å². The number of rotatable bonds is 5. The van der Waals surface area contributed by atoms with Crippen LogP contribution in [0.3, 0.4) is 0 Å². The van der Waals surface area contributed by atoms with Gasteiger partial charge >= 0.3 is 0 Å². The van der Waals surface area contributed by atoms with Crippen LogP contribution in [0.1, 0.15) is 26.2 Å². The number of sulfone groups is 1. The first kappa shape index (κ1) is 15.5. The highest BCUT2D eigenvalue weighted by Crippen LogP contribution is 2.18. The van der Waals surface area contributed by atoms with E-state index in [0.29, 0.717) is 24.9 Å². The van der Waals surface area contributed by atoms with E-state index in [1.54, 1.807) is 12.1 Å². The number of carbonyl (C=O) groups is 2. The Morgan fingerprint density at radius 2 is 1.90 bits per heavy atom. The number of amides is 2. The van der Waals surface area contributed by atoms with Crippen molar-refractivity contribution in [2.45, 2.75) is 37.1 Å². The molecule has 21 heavy (non-hydrogen) atoms. The highest BCUT2D eigenvalue weighted by molar-refractivity contribution is 7.91. The fourth-order valence-corrected chi connectivity index (χ4v) is 3.50. The van der Waals surface area contributed by atoms with E-state index in [-0.39, 0.29) is 22.5 Å². The number of benzene rings is 1. The average Bonchev–Trinajstić information content (AvgIpc) is 2.42. The summed E-state index contributed by atoms with van der Waals surface area (Å²) < 4.78 is 23.8. The Morgan fingerprint density at radius 1 is 1.24 bits per heavy atom. The predicted octanol–water partition coefficient (Wildman–Crippen LogP) is 1.09.